The molecular formula is C25H23N3O3. The molecule has 0 atom stereocenters. The maximum absolute atomic E-state index is 12.7. The van der Waals surface area contributed by atoms with Crippen molar-refractivity contribution in [2.75, 3.05) is 0 Å². The predicted octanol–water partition coefficient (Wildman–Crippen LogP) is 3.16. The van der Waals surface area contributed by atoms with Crippen LogP contribution in [0.3, 0.4) is 0 Å². The van der Waals surface area contributed by atoms with Crippen LogP contribution < -0.4 is 16.4 Å². The Kier molecular flexibility index (Phi) is 5.80. The highest BCUT2D eigenvalue weighted by Gasteiger charge is 2.12. The molecule has 0 bridgehead atoms. The van der Waals surface area contributed by atoms with Crippen molar-refractivity contribution < 1.29 is 4.79 Å². The van der Waals surface area contributed by atoms with Crippen molar-refractivity contribution in [1.82, 2.24) is 14.5 Å². The van der Waals surface area contributed by atoms with E-state index in [1.165, 1.54) is 9.13 Å². The lowest BCUT2D eigenvalue weighted by Gasteiger charge is -2.14. The molecule has 0 saturated heterocycles. The third-order valence-corrected chi connectivity index (χ3v) is 5.31. The molecule has 0 radical (unpaired) electrons. The zero-order chi connectivity index (χ0) is 21.8. The second-order valence-corrected chi connectivity index (χ2v) is 7.29. The summed E-state index contributed by atoms with van der Waals surface area (Å²) in [4.78, 5) is 37.7. The number of hydrogen-bond donors (Lipinski definition) is 1. The van der Waals surface area contributed by atoms with Gasteiger partial charge in [0.1, 0.15) is 0 Å². The average molecular weight is 413 g/mol. The van der Waals surface area contributed by atoms with Gasteiger partial charge in [-0.1, -0.05) is 54.6 Å². The highest BCUT2D eigenvalue weighted by atomic mass is 16.2. The SMILES string of the molecule is CCn1c(=O)c(=O)n(Cc2ccc(C(=O)NCc3ccccc3)cc2)c2ccccc21. The fraction of sp³-hybridized carbons (Fsp3) is 0.160. The fourth-order valence-corrected chi connectivity index (χ4v) is 3.67. The summed E-state index contributed by atoms with van der Waals surface area (Å²) in [5.41, 5.74) is 2.76. The van der Waals surface area contributed by atoms with Gasteiger partial charge < -0.3 is 9.88 Å². The van der Waals surface area contributed by atoms with Crippen molar-refractivity contribution in [3.8, 4) is 0 Å². The lowest BCUT2D eigenvalue weighted by atomic mass is 10.1. The fourth-order valence-electron chi connectivity index (χ4n) is 3.67. The molecule has 156 valence electrons. The molecule has 0 fully saturated rings. The Labute approximate surface area is 179 Å². The van der Waals surface area contributed by atoms with E-state index >= 15 is 0 Å². The lowest BCUT2D eigenvalue weighted by Crippen LogP contribution is -2.41. The van der Waals surface area contributed by atoms with E-state index in [-0.39, 0.29) is 12.5 Å². The first-order valence-electron chi connectivity index (χ1n) is 10.2. The van der Waals surface area contributed by atoms with E-state index in [0.29, 0.717) is 24.2 Å². The van der Waals surface area contributed by atoms with E-state index in [0.717, 1.165) is 16.6 Å². The summed E-state index contributed by atoms with van der Waals surface area (Å²) < 4.78 is 2.99. The first kappa shape index (κ1) is 20.3. The highest BCUT2D eigenvalue weighted by Crippen LogP contribution is 2.13. The topological polar surface area (TPSA) is 73.1 Å². The molecule has 0 saturated carbocycles. The van der Waals surface area contributed by atoms with E-state index < -0.39 is 11.1 Å². The van der Waals surface area contributed by atoms with Crippen LogP contribution in [0.15, 0.2) is 88.5 Å². The van der Waals surface area contributed by atoms with Crippen molar-refractivity contribution in [1.29, 1.82) is 0 Å². The van der Waals surface area contributed by atoms with Crippen molar-refractivity contribution in [2.24, 2.45) is 0 Å². The molecule has 1 amide bonds. The van der Waals surface area contributed by atoms with Gasteiger partial charge in [-0.15, -0.1) is 0 Å². The van der Waals surface area contributed by atoms with Gasteiger partial charge in [0.2, 0.25) is 0 Å². The first-order chi connectivity index (χ1) is 15.1. The van der Waals surface area contributed by atoms with Gasteiger partial charge in [-0.2, -0.15) is 0 Å². The molecule has 3 aromatic carbocycles. The van der Waals surface area contributed by atoms with Gasteiger partial charge in [-0.05, 0) is 42.3 Å². The van der Waals surface area contributed by atoms with Crippen LogP contribution in [0.25, 0.3) is 11.0 Å². The van der Waals surface area contributed by atoms with E-state index in [2.05, 4.69) is 5.32 Å². The molecule has 0 aliphatic rings. The van der Waals surface area contributed by atoms with Crippen molar-refractivity contribution in [3.63, 3.8) is 0 Å². The highest BCUT2D eigenvalue weighted by molar-refractivity contribution is 5.94. The molecule has 1 N–H and O–H groups in total. The third-order valence-electron chi connectivity index (χ3n) is 5.31. The number of nitrogens with one attached hydrogen (secondary N) is 1. The molecule has 4 aromatic rings. The largest absolute Gasteiger partial charge is 0.348 e. The molecule has 6 heteroatoms. The smallest absolute Gasteiger partial charge is 0.317 e. The standard InChI is InChI=1S/C25H23N3O3/c1-2-27-21-10-6-7-11-22(21)28(25(31)24(27)30)17-19-12-14-20(15-13-19)23(29)26-16-18-8-4-3-5-9-18/h3-15H,2,16-17H2,1H3,(H,26,29). The predicted molar refractivity (Wildman–Crippen MR) is 121 cm³/mol. The first-order valence-corrected chi connectivity index (χ1v) is 10.2. The van der Waals surface area contributed by atoms with Gasteiger partial charge >= 0.3 is 11.1 Å². The number of para-hydroxylation sites is 2. The minimum atomic E-state index is -0.551. The molecule has 0 unspecified atom stereocenters. The Balaban J connectivity index is 1.57. The average Bonchev–Trinajstić information content (AvgIpc) is 2.82. The molecule has 0 aliphatic carbocycles. The van der Waals surface area contributed by atoms with Crippen LogP contribution in [0.5, 0.6) is 0 Å². The summed E-state index contributed by atoms with van der Waals surface area (Å²) >= 11 is 0. The third kappa shape index (κ3) is 4.19. The molecular weight excluding hydrogens is 390 g/mol. The maximum Gasteiger partial charge on any atom is 0.317 e. The maximum atomic E-state index is 12.7. The molecule has 1 aromatic heterocycles. The number of aryl methyl sites for hydroxylation is 1. The van der Waals surface area contributed by atoms with Crippen molar-refractivity contribution >= 4 is 16.9 Å². The number of hydrogen-bond acceptors (Lipinski definition) is 3. The molecule has 6 nitrogen and oxygen atoms in total. The summed E-state index contributed by atoms with van der Waals surface area (Å²) in [5, 5.41) is 2.90. The van der Waals surface area contributed by atoms with Crippen molar-refractivity contribution in [3.05, 3.63) is 116 Å². The Morgan fingerprint density at radius 3 is 1.97 bits per heavy atom. The lowest BCUT2D eigenvalue weighted by molar-refractivity contribution is 0.0951. The quantitative estimate of drug-likeness (QED) is 0.494. The number of amides is 1. The van der Waals surface area contributed by atoms with Gasteiger partial charge in [0.15, 0.2) is 0 Å². The van der Waals surface area contributed by atoms with E-state index in [1.807, 2.05) is 73.7 Å². The zero-order valence-electron chi connectivity index (χ0n) is 17.2. The monoisotopic (exact) mass is 413 g/mol. The van der Waals surface area contributed by atoms with Gasteiger partial charge in [0, 0.05) is 18.7 Å². The van der Waals surface area contributed by atoms with E-state index in [9.17, 15) is 14.4 Å². The molecule has 1 heterocycles. The van der Waals surface area contributed by atoms with Crippen LogP contribution in [-0.4, -0.2) is 15.0 Å². The van der Waals surface area contributed by atoms with Crippen LogP contribution in [0, 0.1) is 0 Å². The minimum absolute atomic E-state index is 0.163. The second kappa shape index (κ2) is 8.83. The Morgan fingerprint density at radius 1 is 0.742 bits per heavy atom. The number of carbonyl (C=O) groups is 1. The zero-order valence-corrected chi connectivity index (χ0v) is 17.2. The summed E-state index contributed by atoms with van der Waals surface area (Å²) in [7, 11) is 0. The number of aromatic nitrogens is 2. The summed E-state index contributed by atoms with van der Waals surface area (Å²) in [6, 6.07) is 24.2. The minimum Gasteiger partial charge on any atom is -0.348 e. The van der Waals surface area contributed by atoms with E-state index in [4.69, 9.17) is 0 Å². The number of nitrogens with zero attached hydrogens (tertiary/aromatic N) is 2. The Morgan fingerprint density at radius 2 is 1.32 bits per heavy atom. The summed E-state index contributed by atoms with van der Waals surface area (Å²) in [6.07, 6.45) is 0. The number of rotatable bonds is 6. The molecule has 4 rings (SSSR count). The van der Waals surface area contributed by atoms with Crippen LogP contribution in [0.1, 0.15) is 28.4 Å². The number of carbonyl (C=O) groups excluding carboxylic acids is 1. The van der Waals surface area contributed by atoms with Gasteiger partial charge in [-0.25, -0.2) is 0 Å². The summed E-state index contributed by atoms with van der Waals surface area (Å²) in [5.74, 6) is -0.163. The van der Waals surface area contributed by atoms with Crippen LogP contribution >= 0.6 is 0 Å². The second-order valence-electron chi connectivity index (χ2n) is 7.29. The van der Waals surface area contributed by atoms with Gasteiger partial charge in [0.05, 0.1) is 17.6 Å². The van der Waals surface area contributed by atoms with Crippen LogP contribution in [-0.2, 0) is 19.6 Å². The van der Waals surface area contributed by atoms with Gasteiger partial charge in [-0.3, -0.25) is 19.0 Å². The molecule has 0 spiro atoms. The van der Waals surface area contributed by atoms with Gasteiger partial charge in [0.25, 0.3) is 5.91 Å². The number of benzene rings is 3. The van der Waals surface area contributed by atoms with E-state index in [1.54, 1.807) is 12.1 Å². The normalized spacial score (nSPS) is 10.9. The number of fused-ring (bicyclic) bond motifs is 1. The van der Waals surface area contributed by atoms with Crippen LogP contribution in [0.2, 0.25) is 0 Å². The molecule has 0 aliphatic heterocycles. The van der Waals surface area contributed by atoms with Crippen LogP contribution in [0.4, 0.5) is 0 Å². The van der Waals surface area contributed by atoms with Crippen molar-refractivity contribution in [2.45, 2.75) is 26.6 Å². The summed E-state index contributed by atoms with van der Waals surface area (Å²) in [6.45, 7) is 2.99. The molecule has 31 heavy (non-hydrogen) atoms. The Hall–Kier alpha value is -3.93. The Bertz CT molecular complexity index is 1340.